The van der Waals surface area contributed by atoms with E-state index in [1.165, 1.54) is 6.07 Å². The average molecular weight is 482 g/mol. The van der Waals surface area contributed by atoms with Gasteiger partial charge in [0.1, 0.15) is 5.82 Å². The molecule has 0 saturated carbocycles. The van der Waals surface area contributed by atoms with E-state index in [4.69, 9.17) is 23.2 Å². The second-order valence-electron chi connectivity index (χ2n) is 6.42. The smallest absolute Gasteiger partial charge is 0.201 e. The summed E-state index contributed by atoms with van der Waals surface area (Å²) in [6.45, 7) is 0.599. The molecular weight excluding hydrogens is 466 g/mol. The van der Waals surface area contributed by atoms with Gasteiger partial charge in [-0.3, -0.25) is 0 Å². The summed E-state index contributed by atoms with van der Waals surface area (Å²) in [6.07, 6.45) is 5.54. The van der Waals surface area contributed by atoms with Gasteiger partial charge in [0.2, 0.25) is 5.95 Å². The first-order chi connectivity index (χ1) is 13.5. The average Bonchev–Trinajstić information content (AvgIpc) is 3.07. The predicted molar refractivity (Wildman–Crippen MR) is 118 cm³/mol. The van der Waals surface area contributed by atoms with Crippen LogP contribution in [0, 0.1) is 5.82 Å². The molecule has 0 amide bonds. The Balaban J connectivity index is 1.48. The molecule has 2 unspecified atom stereocenters. The zero-order valence-corrected chi connectivity index (χ0v) is 17.6. The van der Waals surface area contributed by atoms with Gasteiger partial charge in [0, 0.05) is 17.3 Å². The van der Waals surface area contributed by atoms with Crippen LogP contribution in [0.5, 0.6) is 0 Å². The molecule has 144 valence electrons. The molecule has 0 radical (unpaired) electrons. The van der Waals surface area contributed by atoms with Crippen LogP contribution in [0.2, 0.25) is 0 Å². The van der Waals surface area contributed by atoms with Gasteiger partial charge in [-0.2, -0.15) is 0 Å². The standard InChI is InChI=1S/C20H16BrCl2FN4/c21-13-9-12(5-6-16(13)24)25-10-11-4-7-17-18(8-11)27-20(26-17)28-19-14(22)2-1-3-15(19)23/h1-9,14,19,25H,10H2,(H2,26,27,28). The molecule has 2 atom stereocenters. The zero-order chi connectivity index (χ0) is 19.7. The normalized spacial score (nSPS) is 18.9. The van der Waals surface area contributed by atoms with Crippen molar-refractivity contribution in [3.05, 3.63) is 75.5 Å². The minimum absolute atomic E-state index is 0.230. The molecule has 4 nitrogen and oxygen atoms in total. The Morgan fingerprint density at radius 1 is 1.21 bits per heavy atom. The molecule has 0 aliphatic heterocycles. The number of hydrogen-bond donors (Lipinski definition) is 3. The van der Waals surface area contributed by atoms with E-state index in [9.17, 15) is 4.39 Å². The number of hydrogen-bond acceptors (Lipinski definition) is 3. The minimum atomic E-state index is -0.285. The molecule has 0 spiro atoms. The lowest BCUT2D eigenvalue weighted by molar-refractivity contribution is 0.621. The third-order valence-electron chi connectivity index (χ3n) is 4.42. The SMILES string of the molecule is Fc1ccc(NCc2ccc3nc(NC4C(Cl)=CC=CC4Cl)[nH]c3c2)cc1Br. The summed E-state index contributed by atoms with van der Waals surface area (Å²) < 4.78 is 13.8. The van der Waals surface area contributed by atoms with Crippen molar-refractivity contribution >= 4 is 61.8 Å². The maximum absolute atomic E-state index is 13.3. The second kappa shape index (κ2) is 8.15. The van der Waals surface area contributed by atoms with Gasteiger partial charge in [-0.1, -0.05) is 29.8 Å². The maximum Gasteiger partial charge on any atom is 0.201 e. The number of halogens is 4. The molecule has 1 aliphatic rings. The predicted octanol–water partition coefficient (Wildman–Crippen LogP) is 6.16. The summed E-state index contributed by atoms with van der Waals surface area (Å²) in [5.74, 6) is 0.326. The van der Waals surface area contributed by atoms with Gasteiger partial charge in [-0.25, -0.2) is 9.37 Å². The molecule has 4 rings (SSSR count). The van der Waals surface area contributed by atoms with E-state index in [1.54, 1.807) is 12.1 Å². The van der Waals surface area contributed by atoms with Crippen molar-refractivity contribution in [3.63, 3.8) is 0 Å². The van der Waals surface area contributed by atoms with Crippen LogP contribution in [0.1, 0.15) is 5.56 Å². The van der Waals surface area contributed by atoms with Crippen LogP contribution in [0.4, 0.5) is 16.0 Å². The Hall–Kier alpha value is -2.02. The number of nitrogens with one attached hydrogen (secondary N) is 3. The Labute approximate surface area is 180 Å². The summed E-state index contributed by atoms with van der Waals surface area (Å²) in [4.78, 5) is 7.82. The Morgan fingerprint density at radius 2 is 2.07 bits per heavy atom. The first-order valence-electron chi connectivity index (χ1n) is 8.61. The van der Waals surface area contributed by atoms with E-state index in [2.05, 4.69) is 36.5 Å². The lowest BCUT2D eigenvalue weighted by atomic mass is 10.1. The molecule has 0 saturated heterocycles. The number of fused-ring (bicyclic) bond motifs is 1. The second-order valence-corrected chi connectivity index (χ2v) is 8.22. The molecule has 28 heavy (non-hydrogen) atoms. The molecule has 0 bridgehead atoms. The summed E-state index contributed by atoms with van der Waals surface area (Å²) in [5.41, 5.74) is 3.64. The van der Waals surface area contributed by atoms with Crippen LogP contribution in [-0.2, 0) is 6.54 Å². The highest BCUT2D eigenvalue weighted by Gasteiger charge is 2.23. The van der Waals surface area contributed by atoms with Crippen molar-refractivity contribution in [1.82, 2.24) is 9.97 Å². The zero-order valence-electron chi connectivity index (χ0n) is 14.5. The quantitative estimate of drug-likeness (QED) is 0.382. The van der Waals surface area contributed by atoms with Crippen LogP contribution in [-0.4, -0.2) is 21.4 Å². The lowest BCUT2D eigenvalue weighted by Crippen LogP contribution is -2.31. The van der Waals surface area contributed by atoms with E-state index < -0.39 is 0 Å². The number of aromatic nitrogens is 2. The van der Waals surface area contributed by atoms with Gasteiger partial charge in [0.05, 0.1) is 26.9 Å². The summed E-state index contributed by atoms with van der Waals surface area (Å²) >= 11 is 15.8. The Kier molecular flexibility index (Phi) is 5.62. The molecule has 1 heterocycles. The molecule has 1 aliphatic carbocycles. The Bertz CT molecular complexity index is 1080. The van der Waals surface area contributed by atoms with E-state index >= 15 is 0 Å². The number of anilines is 2. The fourth-order valence-electron chi connectivity index (χ4n) is 2.96. The molecule has 3 N–H and O–H groups in total. The van der Waals surface area contributed by atoms with E-state index in [0.717, 1.165) is 22.3 Å². The van der Waals surface area contributed by atoms with Crippen molar-refractivity contribution < 1.29 is 4.39 Å². The van der Waals surface area contributed by atoms with Crippen LogP contribution in [0.15, 0.2) is 64.1 Å². The van der Waals surface area contributed by atoms with E-state index in [-0.39, 0.29) is 17.2 Å². The van der Waals surface area contributed by atoms with Crippen LogP contribution in [0.3, 0.4) is 0 Å². The van der Waals surface area contributed by atoms with Crippen molar-refractivity contribution in [2.24, 2.45) is 0 Å². The number of aromatic amines is 1. The van der Waals surface area contributed by atoms with Gasteiger partial charge in [0.15, 0.2) is 0 Å². The third kappa shape index (κ3) is 4.19. The minimum Gasteiger partial charge on any atom is -0.381 e. The van der Waals surface area contributed by atoms with Gasteiger partial charge >= 0.3 is 0 Å². The number of H-pyrrole nitrogens is 1. The molecule has 2 aromatic carbocycles. The molecular formula is C20H16BrCl2FN4. The lowest BCUT2D eigenvalue weighted by Gasteiger charge is -2.22. The fraction of sp³-hybridized carbons (Fsp3) is 0.150. The fourth-order valence-corrected chi connectivity index (χ4v) is 3.95. The number of imidazole rings is 1. The first kappa shape index (κ1) is 19.3. The summed E-state index contributed by atoms with van der Waals surface area (Å²) in [5, 5.41) is 6.92. The van der Waals surface area contributed by atoms with Gasteiger partial charge in [0.25, 0.3) is 0 Å². The highest BCUT2D eigenvalue weighted by atomic mass is 79.9. The van der Waals surface area contributed by atoms with Crippen molar-refractivity contribution in [2.75, 3.05) is 10.6 Å². The Morgan fingerprint density at radius 3 is 2.86 bits per heavy atom. The van der Waals surface area contributed by atoms with Crippen LogP contribution < -0.4 is 10.6 Å². The third-order valence-corrected chi connectivity index (χ3v) is 5.79. The van der Waals surface area contributed by atoms with Crippen molar-refractivity contribution in [3.8, 4) is 0 Å². The number of nitrogens with zero attached hydrogens (tertiary/aromatic N) is 1. The number of allylic oxidation sites excluding steroid dienone is 2. The first-order valence-corrected chi connectivity index (χ1v) is 10.2. The largest absolute Gasteiger partial charge is 0.381 e. The number of alkyl halides is 1. The van der Waals surface area contributed by atoms with E-state index in [0.29, 0.717) is 22.0 Å². The van der Waals surface area contributed by atoms with Crippen LogP contribution >= 0.6 is 39.1 Å². The molecule has 3 aromatic rings. The highest BCUT2D eigenvalue weighted by Crippen LogP contribution is 2.26. The van der Waals surface area contributed by atoms with Gasteiger partial charge < -0.3 is 15.6 Å². The number of benzene rings is 2. The highest BCUT2D eigenvalue weighted by molar-refractivity contribution is 9.10. The van der Waals surface area contributed by atoms with Gasteiger partial charge in [-0.05, 0) is 57.9 Å². The summed E-state index contributed by atoms with van der Waals surface area (Å²) in [6, 6.07) is 10.6. The molecule has 0 fully saturated rings. The monoisotopic (exact) mass is 480 g/mol. The molecule has 1 aromatic heterocycles. The van der Waals surface area contributed by atoms with E-state index in [1.807, 2.05) is 36.4 Å². The van der Waals surface area contributed by atoms with Gasteiger partial charge in [-0.15, -0.1) is 11.6 Å². The topological polar surface area (TPSA) is 52.7 Å². The van der Waals surface area contributed by atoms with Crippen molar-refractivity contribution in [1.29, 1.82) is 0 Å². The van der Waals surface area contributed by atoms with Crippen LogP contribution in [0.25, 0.3) is 11.0 Å². The molecule has 8 heteroatoms. The maximum atomic E-state index is 13.3. The number of rotatable bonds is 5. The summed E-state index contributed by atoms with van der Waals surface area (Å²) in [7, 11) is 0. The van der Waals surface area contributed by atoms with Crippen molar-refractivity contribution in [2.45, 2.75) is 18.0 Å².